The molecule has 1 atom stereocenters. The average Bonchev–Trinajstić information content (AvgIpc) is 2.38. The molecular formula is C13H15N3O. The molecule has 0 radical (unpaired) electrons. The summed E-state index contributed by atoms with van der Waals surface area (Å²) in [5, 5.41) is 10.8. The number of nitrogens with zero attached hydrogens (tertiary/aromatic N) is 3. The Balaban J connectivity index is 2.04. The molecule has 0 spiro atoms. The van der Waals surface area contributed by atoms with Crippen LogP contribution in [0.2, 0.25) is 0 Å². The van der Waals surface area contributed by atoms with Crippen LogP contribution in [0.4, 0.5) is 5.82 Å². The van der Waals surface area contributed by atoms with Crippen molar-refractivity contribution in [2.24, 2.45) is 0 Å². The van der Waals surface area contributed by atoms with Crippen LogP contribution in [0.1, 0.15) is 12.8 Å². The Labute approximate surface area is 99.9 Å². The molecule has 0 amide bonds. The quantitative estimate of drug-likeness (QED) is 0.806. The van der Waals surface area contributed by atoms with E-state index in [2.05, 4.69) is 14.9 Å². The van der Waals surface area contributed by atoms with Gasteiger partial charge in [0.2, 0.25) is 0 Å². The molecule has 2 aromatic rings. The molecule has 4 heteroatoms. The molecule has 0 aliphatic carbocycles. The lowest BCUT2D eigenvalue weighted by molar-refractivity contribution is 0.154. The predicted octanol–water partition coefficient (Wildman–Crippen LogP) is 1.59. The van der Waals surface area contributed by atoms with Crippen LogP contribution >= 0.6 is 0 Å². The van der Waals surface area contributed by atoms with Crippen molar-refractivity contribution in [3.63, 3.8) is 0 Å². The largest absolute Gasteiger partial charge is 0.391 e. The predicted molar refractivity (Wildman–Crippen MR) is 67.0 cm³/mol. The summed E-state index contributed by atoms with van der Waals surface area (Å²) in [5.74, 6) is 0.939. The summed E-state index contributed by atoms with van der Waals surface area (Å²) < 4.78 is 0. The van der Waals surface area contributed by atoms with Crippen molar-refractivity contribution in [1.29, 1.82) is 0 Å². The third-order valence-corrected chi connectivity index (χ3v) is 3.22. The van der Waals surface area contributed by atoms with Crippen LogP contribution in [0.25, 0.3) is 10.9 Å². The Bertz CT molecular complexity index is 524. The van der Waals surface area contributed by atoms with Crippen molar-refractivity contribution in [3.05, 3.63) is 30.6 Å². The van der Waals surface area contributed by atoms with Gasteiger partial charge in [-0.1, -0.05) is 12.1 Å². The maximum atomic E-state index is 9.73. The molecule has 1 aromatic carbocycles. The number of rotatable bonds is 1. The number of hydrogen-bond acceptors (Lipinski definition) is 4. The van der Waals surface area contributed by atoms with Gasteiger partial charge in [0.1, 0.15) is 12.1 Å². The van der Waals surface area contributed by atoms with E-state index >= 15 is 0 Å². The molecule has 4 nitrogen and oxygen atoms in total. The number of fused-ring (bicyclic) bond motifs is 1. The Morgan fingerprint density at radius 1 is 1.24 bits per heavy atom. The van der Waals surface area contributed by atoms with Crippen molar-refractivity contribution >= 4 is 16.7 Å². The number of aliphatic hydroxyl groups is 1. The van der Waals surface area contributed by atoms with E-state index in [1.54, 1.807) is 6.33 Å². The molecule has 1 N–H and O–H groups in total. The van der Waals surface area contributed by atoms with Gasteiger partial charge < -0.3 is 10.0 Å². The van der Waals surface area contributed by atoms with Crippen LogP contribution in [0.15, 0.2) is 30.6 Å². The van der Waals surface area contributed by atoms with E-state index in [-0.39, 0.29) is 6.10 Å². The number of β-amino-alcohol motifs (C(OH)–C–C–N with tert-alkyl or cyclic N) is 1. The molecule has 1 aromatic heterocycles. The lowest BCUT2D eigenvalue weighted by atomic mass is 10.1. The normalized spacial score (nSPS) is 20.8. The van der Waals surface area contributed by atoms with Gasteiger partial charge in [-0.25, -0.2) is 9.97 Å². The van der Waals surface area contributed by atoms with Crippen LogP contribution < -0.4 is 4.90 Å². The minimum atomic E-state index is -0.238. The minimum absolute atomic E-state index is 0.238. The van der Waals surface area contributed by atoms with Gasteiger partial charge in [-0.2, -0.15) is 0 Å². The highest BCUT2D eigenvalue weighted by molar-refractivity contribution is 5.89. The molecule has 3 rings (SSSR count). The van der Waals surface area contributed by atoms with Gasteiger partial charge in [0, 0.05) is 18.5 Å². The second kappa shape index (κ2) is 4.30. The third-order valence-electron chi connectivity index (χ3n) is 3.22. The molecule has 1 aliphatic rings. The topological polar surface area (TPSA) is 49.2 Å². The standard InChI is InChI=1S/C13H15N3O/c17-10-4-3-7-16(8-10)13-11-5-1-2-6-12(11)14-9-15-13/h1-2,5-6,9-10,17H,3-4,7-8H2/t10-/m1/s1. The summed E-state index contributed by atoms with van der Waals surface area (Å²) in [6.07, 6.45) is 3.26. The molecule has 1 aliphatic heterocycles. The number of para-hydroxylation sites is 1. The maximum absolute atomic E-state index is 9.73. The fourth-order valence-corrected chi connectivity index (χ4v) is 2.39. The van der Waals surface area contributed by atoms with Gasteiger partial charge in [-0.3, -0.25) is 0 Å². The van der Waals surface area contributed by atoms with Gasteiger partial charge in [0.25, 0.3) is 0 Å². The van der Waals surface area contributed by atoms with E-state index < -0.39 is 0 Å². The molecule has 1 fully saturated rings. The van der Waals surface area contributed by atoms with E-state index in [4.69, 9.17) is 0 Å². The van der Waals surface area contributed by atoms with Gasteiger partial charge in [-0.15, -0.1) is 0 Å². The lowest BCUT2D eigenvalue weighted by Gasteiger charge is -2.31. The van der Waals surface area contributed by atoms with Crippen LogP contribution in [0.3, 0.4) is 0 Å². The highest BCUT2D eigenvalue weighted by Gasteiger charge is 2.20. The summed E-state index contributed by atoms with van der Waals surface area (Å²) in [5.41, 5.74) is 0.956. The van der Waals surface area contributed by atoms with E-state index in [0.717, 1.165) is 36.1 Å². The zero-order valence-electron chi connectivity index (χ0n) is 9.58. The minimum Gasteiger partial charge on any atom is -0.391 e. The van der Waals surface area contributed by atoms with Crippen molar-refractivity contribution in [2.45, 2.75) is 18.9 Å². The zero-order chi connectivity index (χ0) is 11.7. The van der Waals surface area contributed by atoms with Crippen LogP contribution in [0.5, 0.6) is 0 Å². The number of aliphatic hydroxyl groups excluding tert-OH is 1. The van der Waals surface area contributed by atoms with Gasteiger partial charge >= 0.3 is 0 Å². The first kappa shape index (κ1) is 10.5. The number of benzene rings is 1. The molecule has 1 saturated heterocycles. The third kappa shape index (κ3) is 1.96. The Morgan fingerprint density at radius 3 is 3.00 bits per heavy atom. The number of hydrogen-bond donors (Lipinski definition) is 1. The van der Waals surface area contributed by atoms with Crippen LogP contribution in [-0.4, -0.2) is 34.3 Å². The molecule has 0 unspecified atom stereocenters. The van der Waals surface area contributed by atoms with E-state index in [1.165, 1.54) is 0 Å². The average molecular weight is 229 g/mol. The molecular weight excluding hydrogens is 214 g/mol. The van der Waals surface area contributed by atoms with Crippen LogP contribution in [0, 0.1) is 0 Å². The van der Waals surface area contributed by atoms with E-state index in [1.807, 2.05) is 24.3 Å². The summed E-state index contributed by atoms with van der Waals surface area (Å²) in [6, 6.07) is 7.99. The van der Waals surface area contributed by atoms with Crippen molar-refractivity contribution in [1.82, 2.24) is 9.97 Å². The van der Waals surface area contributed by atoms with Gasteiger partial charge in [0.15, 0.2) is 0 Å². The second-order valence-corrected chi connectivity index (χ2v) is 4.46. The monoisotopic (exact) mass is 229 g/mol. The smallest absolute Gasteiger partial charge is 0.139 e. The maximum Gasteiger partial charge on any atom is 0.139 e. The fraction of sp³-hybridized carbons (Fsp3) is 0.385. The first-order chi connectivity index (χ1) is 8.34. The second-order valence-electron chi connectivity index (χ2n) is 4.46. The van der Waals surface area contributed by atoms with Crippen molar-refractivity contribution < 1.29 is 5.11 Å². The van der Waals surface area contributed by atoms with E-state index in [9.17, 15) is 5.11 Å². The number of aromatic nitrogens is 2. The molecule has 0 saturated carbocycles. The molecule has 2 heterocycles. The number of anilines is 1. The Kier molecular flexibility index (Phi) is 2.65. The van der Waals surface area contributed by atoms with Crippen molar-refractivity contribution in [3.8, 4) is 0 Å². The van der Waals surface area contributed by atoms with Crippen molar-refractivity contribution in [2.75, 3.05) is 18.0 Å². The first-order valence-electron chi connectivity index (χ1n) is 5.97. The number of piperidine rings is 1. The van der Waals surface area contributed by atoms with Crippen LogP contribution in [-0.2, 0) is 0 Å². The summed E-state index contributed by atoms with van der Waals surface area (Å²) in [6.45, 7) is 1.62. The summed E-state index contributed by atoms with van der Waals surface area (Å²) >= 11 is 0. The highest BCUT2D eigenvalue weighted by Crippen LogP contribution is 2.25. The molecule has 88 valence electrons. The highest BCUT2D eigenvalue weighted by atomic mass is 16.3. The van der Waals surface area contributed by atoms with E-state index in [0.29, 0.717) is 6.54 Å². The molecule has 17 heavy (non-hydrogen) atoms. The molecule has 0 bridgehead atoms. The Morgan fingerprint density at radius 2 is 2.12 bits per heavy atom. The SMILES string of the molecule is O[C@@H]1CCCN(c2ncnc3ccccc23)C1. The lowest BCUT2D eigenvalue weighted by Crippen LogP contribution is -2.38. The zero-order valence-corrected chi connectivity index (χ0v) is 9.58. The fourth-order valence-electron chi connectivity index (χ4n) is 2.39. The first-order valence-corrected chi connectivity index (χ1v) is 5.97. The Hall–Kier alpha value is -1.68. The van der Waals surface area contributed by atoms with Gasteiger partial charge in [-0.05, 0) is 25.0 Å². The summed E-state index contributed by atoms with van der Waals surface area (Å²) in [7, 11) is 0. The van der Waals surface area contributed by atoms with Gasteiger partial charge in [0.05, 0.1) is 11.6 Å². The summed E-state index contributed by atoms with van der Waals surface area (Å²) in [4.78, 5) is 10.8.